The summed E-state index contributed by atoms with van der Waals surface area (Å²) in [4.78, 5) is 4.28. The third-order valence-corrected chi connectivity index (χ3v) is 2.66. The standard InChI is InChI=1S/C9H11BrN3O2/c1-12-3-7(10)11-8-6(4-14)2-13(5-15)9(8)12/h2-3,14-15H,4-5H2,1H3/q+1. The number of aryl methyl sites for hydroxylation is 1. The van der Waals surface area contributed by atoms with Crippen molar-refractivity contribution >= 4 is 27.1 Å². The van der Waals surface area contributed by atoms with Crippen LogP contribution in [0.25, 0.3) is 11.2 Å². The highest BCUT2D eigenvalue weighted by atomic mass is 79.9. The van der Waals surface area contributed by atoms with Gasteiger partial charge < -0.3 is 10.2 Å². The monoisotopic (exact) mass is 272 g/mol. The molecular formula is C9H11BrN3O2+. The molecule has 0 atom stereocenters. The van der Waals surface area contributed by atoms with Crippen molar-refractivity contribution in [3.8, 4) is 0 Å². The molecule has 80 valence electrons. The highest BCUT2D eigenvalue weighted by Gasteiger charge is 2.18. The highest BCUT2D eigenvalue weighted by molar-refractivity contribution is 9.10. The predicted molar refractivity (Wildman–Crippen MR) is 56.8 cm³/mol. The minimum absolute atomic E-state index is 0.0903. The first kappa shape index (κ1) is 10.5. The minimum atomic E-state index is -0.131. The van der Waals surface area contributed by atoms with Crippen molar-refractivity contribution in [3.05, 3.63) is 22.6 Å². The molecule has 0 radical (unpaired) electrons. The topological polar surface area (TPSA) is 62.2 Å². The summed E-state index contributed by atoms with van der Waals surface area (Å²) < 4.78 is 4.19. The van der Waals surface area contributed by atoms with Gasteiger partial charge in [-0.3, -0.25) is 0 Å². The van der Waals surface area contributed by atoms with Gasteiger partial charge in [0.15, 0.2) is 12.2 Å². The molecule has 2 aromatic heterocycles. The van der Waals surface area contributed by atoms with Gasteiger partial charge in [0.25, 0.3) is 0 Å². The van der Waals surface area contributed by atoms with Gasteiger partial charge in [-0.2, -0.15) is 0 Å². The SMILES string of the molecule is C[n+]1cc(Br)nc2c(CO)cn(CO)c21. The van der Waals surface area contributed by atoms with E-state index in [-0.39, 0.29) is 13.3 Å². The summed E-state index contributed by atoms with van der Waals surface area (Å²) in [7, 11) is 1.86. The second-order valence-corrected chi connectivity index (χ2v) is 4.08. The van der Waals surface area contributed by atoms with Crippen molar-refractivity contribution in [3.63, 3.8) is 0 Å². The van der Waals surface area contributed by atoms with E-state index in [1.807, 2.05) is 11.6 Å². The van der Waals surface area contributed by atoms with Crippen molar-refractivity contribution in [1.29, 1.82) is 0 Å². The van der Waals surface area contributed by atoms with Crippen LogP contribution in [-0.4, -0.2) is 19.8 Å². The Morgan fingerprint density at radius 3 is 2.87 bits per heavy atom. The summed E-state index contributed by atoms with van der Waals surface area (Å²) in [6.45, 7) is -0.222. The molecule has 0 aliphatic carbocycles. The van der Waals surface area contributed by atoms with Crippen LogP contribution in [-0.2, 0) is 20.4 Å². The first-order valence-corrected chi connectivity index (χ1v) is 5.22. The first-order valence-electron chi connectivity index (χ1n) is 4.43. The van der Waals surface area contributed by atoms with Crippen LogP contribution in [0.1, 0.15) is 5.56 Å². The Kier molecular flexibility index (Phi) is 2.72. The molecule has 2 rings (SSSR count). The van der Waals surface area contributed by atoms with E-state index in [0.717, 1.165) is 5.65 Å². The van der Waals surface area contributed by atoms with Gasteiger partial charge in [0.05, 0.1) is 19.2 Å². The number of aliphatic hydroxyl groups excluding tert-OH is 2. The lowest BCUT2D eigenvalue weighted by atomic mass is 10.3. The van der Waals surface area contributed by atoms with Crippen LogP contribution >= 0.6 is 15.9 Å². The maximum Gasteiger partial charge on any atom is 0.309 e. The lowest BCUT2D eigenvalue weighted by molar-refractivity contribution is -0.648. The Labute approximate surface area is 94.7 Å². The third kappa shape index (κ3) is 1.64. The maximum atomic E-state index is 9.17. The molecule has 0 saturated carbocycles. The van der Waals surface area contributed by atoms with E-state index in [1.165, 1.54) is 0 Å². The van der Waals surface area contributed by atoms with Crippen molar-refractivity contribution < 1.29 is 14.8 Å². The van der Waals surface area contributed by atoms with E-state index in [4.69, 9.17) is 10.2 Å². The van der Waals surface area contributed by atoms with Crippen LogP contribution in [0.4, 0.5) is 0 Å². The average Bonchev–Trinajstić information content (AvgIpc) is 2.55. The molecule has 2 N–H and O–H groups in total. The van der Waals surface area contributed by atoms with Gasteiger partial charge in [-0.05, 0) is 15.9 Å². The van der Waals surface area contributed by atoms with Crippen molar-refractivity contribution in [2.75, 3.05) is 0 Å². The van der Waals surface area contributed by atoms with E-state index in [2.05, 4.69) is 20.9 Å². The largest absolute Gasteiger partial charge is 0.391 e. The number of hydrogen-bond donors (Lipinski definition) is 2. The molecule has 0 fully saturated rings. The minimum Gasteiger partial charge on any atom is -0.391 e. The van der Waals surface area contributed by atoms with Gasteiger partial charge in [-0.1, -0.05) is 0 Å². The van der Waals surface area contributed by atoms with Gasteiger partial charge in [-0.15, -0.1) is 0 Å². The fourth-order valence-electron chi connectivity index (χ4n) is 1.66. The summed E-state index contributed by atoms with van der Waals surface area (Å²) in [5, 5.41) is 18.3. The molecule has 2 heterocycles. The van der Waals surface area contributed by atoms with Crippen molar-refractivity contribution in [2.45, 2.75) is 13.3 Å². The van der Waals surface area contributed by atoms with E-state index >= 15 is 0 Å². The number of hydrogen-bond acceptors (Lipinski definition) is 3. The molecule has 6 heteroatoms. The summed E-state index contributed by atoms with van der Waals surface area (Å²) >= 11 is 3.29. The molecular weight excluding hydrogens is 262 g/mol. The van der Waals surface area contributed by atoms with E-state index in [0.29, 0.717) is 15.7 Å². The summed E-state index contributed by atoms with van der Waals surface area (Å²) in [5.74, 6) is 0. The quantitative estimate of drug-likeness (QED) is 0.761. The van der Waals surface area contributed by atoms with Crippen LogP contribution < -0.4 is 4.57 Å². The van der Waals surface area contributed by atoms with E-state index in [9.17, 15) is 0 Å². The lowest BCUT2D eigenvalue weighted by Crippen LogP contribution is -2.31. The van der Waals surface area contributed by atoms with Crippen LogP contribution in [0.2, 0.25) is 0 Å². The zero-order valence-electron chi connectivity index (χ0n) is 8.18. The first-order chi connectivity index (χ1) is 7.17. The molecule has 5 nitrogen and oxygen atoms in total. The lowest BCUT2D eigenvalue weighted by Gasteiger charge is -1.97. The molecule has 0 aliphatic heterocycles. The second kappa shape index (κ2) is 3.88. The summed E-state index contributed by atoms with van der Waals surface area (Å²) in [6.07, 6.45) is 3.50. The van der Waals surface area contributed by atoms with Crippen LogP contribution in [0, 0.1) is 0 Å². The van der Waals surface area contributed by atoms with Crippen molar-refractivity contribution in [2.24, 2.45) is 7.05 Å². The highest BCUT2D eigenvalue weighted by Crippen LogP contribution is 2.18. The number of halogens is 1. The molecule has 0 spiro atoms. The van der Waals surface area contributed by atoms with Gasteiger partial charge in [0.2, 0.25) is 0 Å². The molecule has 0 aromatic carbocycles. The maximum absolute atomic E-state index is 9.17. The smallest absolute Gasteiger partial charge is 0.309 e. The zero-order chi connectivity index (χ0) is 11.0. The fraction of sp³-hybridized carbons (Fsp3) is 0.333. The molecule has 0 unspecified atom stereocenters. The van der Waals surface area contributed by atoms with Crippen LogP contribution in [0.5, 0.6) is 0 Å². The second-order valence-electron chi connectivity index (χ2n) is 3.27. The number of rotatable bonds is 2. The molecule has 0 aliphatic rings. The van der Waals surface area contributed by atoms with Gasteiger partial charge in [-0.25, -0.2) is 14.1 Å². The predicted octanol–water partition coefficient (Wildman–Crippen LogP) is 0.0654. The van der Waals surface area contributed by atoms with Crippen LogP contribution in [0.15, 0.2) is 17.0 Å². The number of aliphatic hydroxyl groups is 2. The normalized spacial score (nSPS) is 11.2. The van der Waals surface area contributed by atoms with Crippen molar-refractivity contribution in [1.82, 2.24) is 9.55 Å². The molecule has 0 bridgehead atoms. The van der Waals surface area contributed by atoms with Gasteiger partial charge in [0, 0.05) is 0 Å². The van der Waals surface area contributed by atoms with E-state index < -0.39 is 0 Å². The summed E-state index contributed by atoms with van der Waals surface area (Å²) in [5.41, 5.74) is 2.18. The fourth-order valence-corrected chi connectivity index (χ4v) is 2.15. The van der Waals surface area contributed by atoms with Gasteiger partial charge >= 0.3 is 5.65 Å². The number of aromatic nitrogens is 3. The Morgan fingerprint density at radius 2 is 2.27 bits per heavy atom. The molecule has 0 amide bonds. The molecule has 2 aromatic rings. The summed E-state index contributed by atoms with van der Waals surface area (Å²) in [6, 6.07) is 0. The molecule has 0 saturated heterocycles. The Morgan fingerprint density at radius 1 is 1.53 bits per heavy atom. The Hall–Kier alpha value is -0.980. The van der Waals surface area contributed by atoms with Crippen LogP contribution in [0.3, 0.4) is 0 Å². The Balaban J connectivity index is 2.85. The molecule has 15 heavy (non-hydrogen) atoms. The van der Waals surface area contributed by atoms with Gasteiger partial charge in [0.1, 0.15) is 17.0 Å². The van der Waals surface area contributed by atoms with E-state index in [1.54, 1.807) is 17.0 Å². The zero-order valence-corrected chi connectivity index (χ0v) is 9.77. The third-order valence-electron chi connectivity index (χ3n) is 2.28. The number of nitrogens with zero attached hydrogens (tertiary/aromatic N) is 3. The number of fused-ring (bicyclic) bond motifs is 1. The Bertz CT molecular complexity index is 510. The average molecular weight is 273 g/mol.